The van der Waals surface area contributed by atoms with E-state index in [2.05, 4.69) is 20.7 Å². The number of hydrogen-bond donors (Lipinski definition) is 3. The smallest absolute Gasteiger partial charge is 0.421 e. The van der Waals surface area contributed by atoms with Crippen molar-refractivity contribution in [2.24, 2.45) is 10.8 Å². The van der Waals surface area contributed by atoms with Crippen LogP contribution in [-0.4, -0.2) is 95.7 Å². The maximum atomic E-state index is 14.1. The van der Waals surface area contributed by atoms with Crippen LogP contribution in [0.15, 0.2) is 5.11 Å². The van der Waals surface area contributed by atoms with Gasteiger partial charge in [0.2, 0.25) is 0 Å². The standard InChI is InChI=1S/C27H51N7O8/c1-23(2,3)39-19(35)27(20(36)40-24(4,5)6,17-31-16-18(32-33-29)15-30-14-13-28)34(21(37)41-25(7,8)9)22(38)42-26(10,11)12/h18,30-31H,13-17,28H2,1-12H3. The lowest BCUT2D eigenvalue weighted by atomic mass is 9.95. The number of amides is 2. The lowest BCUT2D eigenvalue weighted by molar-refractivity contribution is -0.186. The van der Waals surface area contributed by atoms with Gasteiger partial charge in [0.05, 0.1) is 6.04 Å². The Morgan fingerprint density at radius 2 is 1.12 bits per heavy atom. The number of imide groups is 1. The van der Waals surface area contributed by atoms with Crippen molar-refractivity contribution in [2.75, 3.05) is 32.7 Å². The van der Waals surface area contributed by atoms with Gasteiger partial charge in [0.25, 0.3) is 5.54 Å². The zero-order valence-corrected chi connectivity index (χ0v) is 27.2. The Labute approximate surface area is 249 Å². The summed E-state index contributed by atoms with van der Waals surface area (Å²) in [5.41, 5.74) is 7.19. The lowest BCUT2D eigenvalue weighted by Gasteiger charge is -2.41. The first-order chi connectivity index (χ1) is 18.9. The van der Waals surface area contributed by atoms with Crippen LogP contribution in [0.4, 0.5) is 9.59 Å². The van der Waals surface area contributed by atoms with Gasteiger partial charge in [-0.05, 0) is 88.6 Å². The Kier molecular flexibility index (Phi) is 14.2. The van der Waals surface area contributed by atoms with E-state index in [1.54, 1.807) is 83.1 Å². The molecule has 2 amide bonds. The highest BCUT2D eigenvalue weighted by atomic mass is 16.6. The monoisotopic (exact) mass is 601 g/mol. The molecule has 1 unspecified atom stereocenters. The van der Waals surface area contributed by atoms with Crippen molar-refractivity contribution in [3.8, 4) is 0 Å². The summed E-state index contributed by atoms with van der Waals surface area (Å²) in [5, 5.41) is 9.63. The van der Waals surface area contributed by atoms with Gasteiger partial charge in [0.1, 0.15) is 22.4 Å². The van der Waals surface area contributed by atoms with Gasteiger partial charge in [0, 0.05) is 37.6 Å². The number of ether oxygens (including phenoxy) is 4. The highest BCUT2D eigenvalue weighted by Crippen LogP contribution is 2.29. The molecule has 242 valence electrons. The molecule has 0 rings (SSSR count). The molecule has 0 aromatic heterocycles. The molecule has 15 heteroatoms. The maximum Gasteiger partial charge on any atom is 0.421 e. The third-order valence-corrected chi connectivity index (χ3v) is 4.68. The predicted molar refractivity (Wildman–Crippen MR) is 156 cm³/mol. The van der Waals surface area contributed by atoms with Crippen LogP contribution in [0, 0.1) is 0 Å². The second-order valence-electron chi connectivity index (χ2n) is 13.6. The molecule has 0 spiro atoms. The van der Waals surface area contributed by atoms with Gasteiger partial charge in [-0.3, -0.25) is 0 Å². The largest absolute Gasteiger partial charge is 0.458 e. The van der Waals surface area contributed by atoms with Gasteiger partial charge in [-0.1, -0.05) is 5.11 Å². The van der Waals surface area contributed by atoms with Gasteiger partial charge in [-0.25, -0.2) is 19.2 Å². The Morgan fingerprint density at radius 3 is 1.45 bits per heavy atom. The highest BCUT2D eigenvalue weighted by Gasteiger charge is 2.62. The van der Waals surface area contributed by atoms with Crippen LogP contribution in [0.2, 0.25) is 0 Å². The van der Waals surface area contributed by atoms with E-state index in [1.807, 2.05) is 0 Å². The van der Waals surface area contributed by atoms with Crippen molar-refractivity contribution in [1.29, 1.82) is 0 Å². The normalized spacial score (nSPS) is 13.4. The number of hydrogen-bond acceptors (Lipinski definition) is 12. The van der Waals surface area contributed by atoms with E-state index in [4.69, 9.17) is 30.2 Å². The predicted octanol–water partition coefficient (Wildman–Crippen LogP) is 3.40. The second kappa shape index (κ2) is 15.4. The molecule has 0 saturated carbocycles. The van der Waals surface area contributed by atoms with Crippen LogP contribution >= 0.6 is 0 Å². The SMILES string of the molecule is CC(C)(C)OC(=O)N(C(=O)OC(C)(C)C)C(CNCC(CNCCN)N=[N+]=[N-])(C(=O)OC(C)(C)C)C(=O)OC(C)(C)C. The molecule has 15 nitrogen and oxygen atoms in total. The molecule has 0 aliphatic heterocycles. The number of nitrogens with zero attached hydrogens (tertiary/aromatic N) is 4. The van der Waals surface area contributed by atoms with Crippen molar-refractivity contribution >= 4 is 24.1 Å². The van der Waals surface area contributed by atoms with Crippen molar-refractivity contribution in [2.45, 2.75) is 117 Å². The van der Waals surface area contributed by atoms with E-state index in [0.717, 1.165) is 0 Å². The number of nitrogens with two attached hydrogens (primary N) is 1. The Hall–Kier alpha value is -3.13. The first kappa shape index (κ1) is 38.9. The molecule has 4 N–H and O–H groups in total. The van der Waals surface area contributed by atoms with Crippen molar-refractivity contribution in [3.63, 3.8) is 0 Å². The maximum absolute atomic E-state index is 14.1. The van der Waals surface area contributed by atoms with E-state index in [1.165, 1.54) is 0 Å². The van der Waals surface area contributed by atoms with Crippen LogP contribution in [-0.2, 0) is 28.5 Å². The number of nitrogens with one attached hydrogen (secondary N) is 2. The summed E-state index contributed by atoms with van der Waals surface area (Å²) >= 11 is 0. The topological polar surface area (TPSA) is 207 Å². The summed E-state index contributed by atoms with van der Waals surface area (Å²) < 4.78 is 22.2. The molecule has 0 saturated heterocycles. The molecule has 1 atom stereocenters. The fourth-order valence-electron chi connectivity index (χ4n) is 3.23. The molecule has 0 heterocycles. The van der Waals surface area contributed by atoms with Crippen molar-refractivity contribution in [1.82, 2.24) is 15.5 Å². The molecule has 42 heavy (non-hydrogen) atoms. The van der Waals surface area contributed by atoms with Crippen LogP contribution < -0.4 is 16.4 Å². The second-order valence-corrected chi connectivity index (χ2v) is 13.6. The molecule has 0 radical (unpaired) electrons. The van der Waals surface area contributed by atoms with E-state index in [-0.39, 0.29) is 13.1 Å². The molecule has 0 aromatic rings. The van der Waals surface area contributed by atoms with E-state index in [9.17, 15) is 19.2 Å². The van der Waals surface area contributed by atoms with Gasteiger partial charge < -0.3 is 35.3 Å². The number of carbonyl (C=O) groups excluding carboxylic acids is 4. The Morgan fingerprint density at radius 1 is 0.738 bits per heavy atom. The molecule has 0 aliphatic rings. The average molecular weight is 602 g/mol. The molecule has 0 aliphatic carbocycles. The van der Waals surface area contributed by atoms with Crippen molar-refractivity contribution < 1.29 is 38.1 Å². The molecule has 0 fully saturated rings. The first-order valence-electron chi connectivity index (χ1n) is 13.8. The molecular weight excluding hydrogens is 550 g/mol. The van der Waals surface area contributed by atoms with Gasteiger partial charge >= 0.3 is 24.1 Å². The van der Waals surface area contributed by atoms with E-state index in [0.29, 0.717) is 18.0 Å². The minimum atomic E-state index is -2.77. The third kappa shape index (κ3) is 14.2. The van der Waals surface area contributed by atoms with Crippen LogP contribution in [0.3, 0.4) is 0 Å². The minimum Gasteiger partial charge on any atom is -0.458 e. The van der Waals surface area contributed by atoms with Crippen LogP contribution in [0.1, 0.15) is 83.1 Å². The quantitative estimate of drug-likeness (QED) is 0.0561. The number of esters is 2. The van der Waals surface area contributed by atoms with Crippen LogP contribution in [0.5, 0.6) is 0 Å². The van der Waals surface area contributed by atoms with Gasteiger partial charge in [-0.15, -0.1) is 0 Å². The fraction of sp³-hybridized carbons (Fsp3) is 0.852. The van der Waals surface area contributed by atoms with E-state index < -0.39 is 64.7 Å². The minimum absolute atomic E-state index is 0.0779. The number of azide groups is 1. The fourth-order valence-corrected chi connectivity index (χ4v) is 3.23. The summed E-state index contributed by atoms with van der Waals surface area (Å²) in [6, 6.07) is -0.701. The summed E-state index contributed by atoms with van der Waals surface area (Å²) in [6.45, 7) is 18.9. The van der Waals surface area contributed by atoms with Crippen LogP contribution in [0.25, 0.3) is 10.4 Å². The average Bonchev–Trinajstić information content (AvgIpc) is 2.73. The lowest BCUT2D eigenvalue weighted by Crippen LogP contribution is -2.71. The summed E-state index contributed by atoms with van der Waals surface area (Å²) in [5.74, 6) is -2.54. The number of rotatable bonds is 12. The highest BCUT2D eigenvalue weighted by molar-refractivity contribution is 6.12. The molecule has 0 aromatic carbocycles. The zero-order valence-electron chi connectivity index (χ0n) is 27.2. The summed E-state index contributed by atoms with van der Waals surface area (Å²) in [6.07, 6.45) is -2.68. The summed E-state index contributed by atoms with van der Waals surface area (Å²) in [7, 11) is 0. The van der Waals surface area contributed by atoms with E-state index >= 15 is 0 Å². The first-order valence-corrected chi connectivity index (χ1v) is 13.8. The Balaban J connectivity index is 7.27. The molecule has 0 bridgehead atoms. The number of carbonyl (C=O) groups is 4. The molecular formula is C27H51N7O8. The summed E-state index contributed by atoms with van der Waals surface area (Å²) in [4.78, 5) is 58.7. The third-order valence-electron chi connectivity index (χ3n) is 4.68. The van der Waals surface area contributed by atoms with Gasteiger partial charge in [0.15, 0.2) is 0 Å². The van der Waals surface area contributed by atoms with Crippen molar-refractivity contribution in [3.05, 3.63) is 10.4 Å². The Bertz CT molecular complexity index is 928. The van der Waals surface area contributed by atoms with Gasteiger partial charge in [-0.2, -0.15) is 4.90 Å². The zero-order chi connectivity index (χ0) is 33.2.